The average Bonchev–Trinajstić information content (AvgIpc) is 2.43. The molecule has 0 saturated carbocycles. The molecule has 1 N–H and O–H groups in total. The lowest BCUT2D eigenvalue weighted by atomic mass is 10.1. The summed E-state index contributed by atoms with van der Waals surface area (Å²) >= 11 is 0. The number of pyridine rings is 1. The Hall–Kier alpha value is -2.43. The zero-order valence-corrected chi connectivity index (χ0v) is 9.84. The first kappa shape index (κ1) is 12.0. The average molecular weight is 244 g/mol. The highest BCUT2D eigenvalue weighted by molar-refractivity contribution is 6.06. The Morgan fingerprint density at radius 2 is 2.11 bits per heavy atom. The van der Waals surface area contributed by atoms with Gasteiger partial charge in [0.15, 0.2) is 0 Å². The molecule has 5 nitrogen and oxygen atoms in total. The van der Waals surface area contributed by atoms with Gasteiger partial charge in [0.1, 0.15) is 6.54 Å². The van der Waals surface area contributed by atoms with Crippen molar-refractivity contribution in [2.75, 3.05) is 13.7 Å². The number of aromatic nitrogens is 1. The quantitative estimate of drug-likeness (QED) is 0.822. The summed E-state index contributed by atoms with van der Waals surface area (Å²) in [5.41, 5.74) is 1.23. The summed E-state index contributed by atoms with van der Waals surface area (Å²) in [6.07, 6.45) is 1.67. The molecule has 2 rings (SSSR count). The van der Waals surface area contributed by atoms with E-state index < -0.39 is 5.97 Å². The summed E-state index contributed by atoms with van der Waals surface area (Å²) in [6.45, 7) is -0.147. The maximum atomic E-state index is 11.9. The fourth-order valence-electron chi connectivity index (χ4n) is 1.62. The Morgan fingerprint density at radius 3 is 2.89 bits per heavy atom. The Labute approximate surface area is 104 Å². The van der Waals surface area contributed by atoms with E-state index in [1.807, 2.05) is 12.1 Å². The van der Waals surface area contributed by atoms with Crippen LogP contribution in [0.4, 0.5) is 0 Å². The van der Waals surface area contributed by atoms with Crippen LogP contribution in [0.15, 0.2) is 36.5 Å². The summed E-state index contributed by atoms with van der Waals surface area (Å²) in [4.78, 5) is 27.1. The van der Waals surface area contributed by atoms with Gasteiger partial charge in [0, 0.05) is 17.1 Å². The van der Waals surface area contributed by atoms with Crippen LogP contribution in [0.5, 0.6) is 0 Å². The third kappa shape index (κ3) is 2.45. The molecule has 0 radical (unpaired) electrons. The van der Waals surface area contributed by atoms with Crippen molar-refractivity contribution < 1.29 is 14.3 Å². The predicted octanol–water partition coefficient (Wildman–Crippen LogP) is 1.14. The van der Waals surface area contributed by atoms with E-state index in [1.165, 1.54) is 7.11 Å². The normalized spacial score (nSPS) is 10.1. The van der Waals surface area contributed by atoms with Crippen molar-refractivity contribution in [1.29, 1.82) is 0 Å². The van der Waals surface area contributed by atoms with E-state index in [1.54, 1.807) is 24.4 Å². The zero-order chi connectivity index (χ0) is 13.0. The molecule has 0 bridgehead atoms. The van der Waals surface area contributed by atoms with Gasteiger partial charge in [0.25, 0.3) is 5.91 Å². The minimum absolute atomic E-state index is 0.147. The summed E-state index contributed by atoms with van der Waals surface area (Å²) in [6, 6.07) is 8.85. The van der Waals surface area contributed by atoms with E-state index in [0.29, 0.717) is 5.56 Å². The summed E-state index contributed by atoms with van der Waals surface area (Å²) < 4.78 is 4.46. The number of hydrogen-bond donors (Lipinski definition) is 1. The van der Waals surface area contributed by atoms with Gasteiger partial charge in [-0.15, -0.1) is 0 Å². The molecule has 1 aromatic carbocycles. The SMILES string of the molecule is COC(=O)CNC(=O)c1cccc2ncccc12. The Kier molecular flexibility index (Phi) is 3.52. The number of fused-ring (bicyclic) bond motifs is 1. The molecule has 18 heavy (non-hydrogen) atoms. The van der Waals surface area contributed by atoms with Crippen LogP contribution in [0.1, 0.15) is 10.4 Å². The molecule has 0 atom stereocenters. The minimum Gasteiger partial charge on any atom is -0.468 e. The number of nitrogens with zero attached hydrogens (tertiary/aromatic N) is 1. The van der Waals surface area contributed by atoms with E-state index in [-0.39, 0.29) is 12.5 Å². The molecule has 0 aliphatic rings. The third-order valence-corrected chi connectivity index (χ3v) is 2.51. The first-order valence-electron chi connectivity index (χ1n) is 5.41. The first-order chi connectivity index (χ1) is 8.72. The Morgan fingerprint density at radius 1 is 1.28 bits per heavy atom. The van der Waals surface area contributed by atoms with Gasteiger partial charge in [0.05, 0.1) is 12.6 Å². The molecular weight excluding hydrogens is 232 g/mol. The second-order valence-corrected chi connectivity index (χ2v) is 3.63. The number of carbonyl (C=O) groups is 2. The van der Waals surface area contributed by atoms with Crippen molar-refractivity contribution in [2.24, 2.45) is 0 Å². The lowest BCUT2D eigenvalue weighted by molar-refractivity contribution is -0.139. The molecule has 1 amide bonds. The number of amides is 1. The summed E-state index contributed by atoms with van der Waals surface area (Å²) in [7, 11) is 1.27. The molecule has 1 aromatic heterocycles. The number of methoxy groups -OCH3 is 1. The van der Waals surface area contributed by atoms with E-state index in [9.17, 15) is 9.59 Å². The zero-order valence-electron chi connectivity index (χ0n) is 9.84. The van der Waals surface area contributed by atoms with Crippen LogP contribution < -0.4 is 5.32 Å². The fourth-order valence-corrected chi connectivity index (χ4v) is 1.62. The van der Waals surface area contributed by atoms with Gasteiger partial charge in [0.2, 0.25) is 0 Å². The number of carbonyl (C=O) groups excluding carboxylic acids is 2. The third-order valence-electron chi connectivity index (χ3n) is 2.51. The lowest BCUT2D eigenvalue weighted by Gasteiger charge is -2.06. The number of nitrogens with one attached hydrogen (secondary N) is 1. The highest BCUT2D eigenvalue weighted by atomic mass is 16.5. The smallest absolute Gasteiger partial charge is 0.325 e. The van der Waals surface area contributed by atoms with E-state index >= 15 is 0 Å². The van der Waals surface area contributed by atoms with Crippen molar-refractivity contribution in [1.82, 2.24) is 10.3 Å². The summed E-state index contributed by atoms with van der Waals surface area (Å²) in [5.74, 6) is -0.805. The van der Waals surface area contributed by atoms with Crippen LogP contribution in [0.3, 0.4) is 0 Å². The van der Waals surface area contributed by atoms with Crippen LogP contribution in [0, 0.1) is 0 Å². The molecule has 0 aliphatic carbocycles. The fraction of sp³-hybridized carbons (Fsp3) is 0.154. The van der Waals surface area contributed by atoms with Gasteiger partial charge >= 0.3 is 5.97 Å². The Bertz CT molecular complexity index is 590. The van der Waals surface area contributed by atoms with Crippen molar-refractivity contribution >= 4 is 22.8 Å². The van der Waals surface area contributed by atoms with Crippen molar-refractivity contribution in [3.05, 3.63) is 42.1 Å². The van der Waals surface area contributed by atoms with Gasteiger partial charge in [-0.2, -0.15) is 0 Å². The second kappa shape index (κ2) is 5.27. The van der Waals surface area contributed by atoms with Crippen LogP contribution >= 0.6 is 0 Å². The lowest BCUT2D eigenvalue weighted by Crippen LogP contribution is -2.30. The first-order valence-corrected chi connectivity index (χ1v) is 5.41. The molecule has 0 spiro atoms. The van der Waals surface area contributed by atoms with Crippen molar-refractivity contribution in [3.63, 3.8) is 0 Å². The molecule has 0 saturated heterocycles. The van der Waals surface area contributed by atoms with E-state index in [4.69, 9.17) is 0 Å². The topological polar surface area (TPSA) is 68.3 Å². The molecule has 92 valence electrons. The molecule has 0 aliphatic heterocycles. The maximum Gasteiger partial charge on any atom is 0.325 e. The van der Waals surface area contributed by atoms with Gasteiger partial charge < -0.3 is 10.1 Å². The number of hydrogen-bond acceptors (Lipinski definition) is 4. The van der Waals surface area contributed by atoms with Crippen molar-refractivity contribution in [2.45, 2.75) is 0 Å². The van der Waals surface area contributed by atoms with Gasteiger partial charge in [-0.1, -0.05) is 12.1 Å². The van der Waals surface area contributed by atoms with Crippen LogP contribution in [-0.4, -0.2) is 30.5 Å². The molecular formula is C13H12N2O3. The molecule has 5 heteroatoms. The van der Waals surface area contributed by atoms with Gasteiger partial charge in [-0.3, -0.25) is 14.6 Å². The minimum atomic E-state index is -0.485. The van der Waals surface area contributed by atoms with Crippen LogP contribution in [-0.2, 0) is 9.53 Å². The summed E-state index contributed by atoms with van der Waals surface area (Å²) in [5, 5.41) is 3.25. The van der Waals surface area contributed by atoms with E-state index in [2.05, 4.69) is 15.0 Å². The highest BCUT2D eigenvalue weighted by Crippen LogP contribution is 2.15. The maximum absolute atomic E-state index is 11.9. The molecule has 0 unspecified atom stereocenters. The van der Waals surface area contributed by atoms with E-state index in [0.717, 1.165) is 10.9 Å². The second-order valence-electron chi connectivity index (χ2n) is 3.63. The van der Waals surface area contributed by atoms with Crippen LogP contribution in [0.25, 0.3) is 10.9 Å². The van der Waals surface area contributed by atoms with Gasteiger partial charge in [-0.25, -0.2) is 0 Å². The predicted molar refractivity (Wildman–Crippen MR) is 66.1 cm³/mol. The van der Waals surface area contributed by atoms with Crippen molar-refractivity contribution in [3.8, 4) is 0 Å². The Balaban J connectivity index is 2.25. The number of rotatable bonds is 3. The van der Waals surface area contributed by atoms with Gasteiger partial charge in [-0.05, 0) is 18.2 Å². The standard InChI is InChI=1S/C13H12N2O3/c1-18-12(16)8-15-13(17)10-4-2-6-11-9(10)5-3-7-14-11/h2-7H,8H2,1H3,(H,15,17). The number of benzene rings is 1. The monoisotopic (exact) mass is 244 g/mol. The highest BCUT2D eigenvalue weighted by Gasteiger charge is 2.11. The molecule has 2 aromatic rings. The molecule has 1 heterocycles. The largest absolute Gasteiger partial charge is 0.468 e. The number of ether oxygens (including phenoxy) is 1. The molecule has 0 fully saturated rings. The van der Waals surface area contributed by atoms with Crippen LogP contribution in [0.2, 0.25) is 0 Å². The number of esters is 1.